The van der Waals surface area contributed by atoms with Gasteiger partial charge in [0.05, 0.1) is 49.8 Å². The molecule has 5 rings (SSSR count). The molecule has 4 aromatic rings. The zero-order chi connectivity index (χ0) is 32.1. The number of carbonyl (C=O) groups excluding carboxylic acids is 1. The first kappa shape index (κ1) is 32.2. The molecule has 45 heavy (non-hydrogen) atoms. The van der Waals surface area contributed by atoms with E-state index in [-0.39, 0.29) is 16.5 Å². The molecule has 0 N–H and O–H groups in total. The van der Waals surface area contributed by atoms with E-state index in [0.29, 0.717) is 45.8 Å². The number of hydrogen-bond acceptors (Lipinski definition) is 10. The average Bonchev–Trinajstić information content (AvgIpc) is 3.50. The number of rotatable bonds is 11. The quantitative estimate of drug-likeness (QED) is 0.144. The molecule has 2 heterocycles. The summed E-state index contributed by atoms with van der Waals surface area (Å²) in [6, 6.07) is 14.8. The number of hydrazone groups is 1. The molecule has 0 bridgehead atoms. The van der Waals surface area contributed by atoms with Gasteiger partial charge < -0.3 is 18.9 Å². The highest BCUT2D eigenvalue weighted by atomic mass is 32.2. The van der Waals surface area contributed by atoms with Gasteiger partial charge in [0.25, 0.3) is 5.91 Å². The van der Waals surface area contributed by atoms with Crippen molar-refractivity contribution < 1.29 is 32.2 Å². The zero-order valence-electron chi connectivity index (χ0n) is 25.8. The number of amides is 1. The number of thiazole rings is 1. The fraction of sp³-hybridized carbons (Fsp3) is 0.344. The molecule has 1 aliphatic rings. The first-order valence-electron chi connectivity index (χ1n) is 14.5. The minimum atomic E-state index is -3.70. The highest BCUT2D eigenvalue weighted by Gasteiger charge is 2.33. The lowest BCUT2D eigenvalue weighted by atomic mass is 10.0. The molecule has 11 nitrogen and oxygen atoms in total. The minimum Gasteiger partial charge on any atom is -0.497 e. The Bertz CT molecular complexity index is 1780. The SMILES string of the molecule is CCC1CCCCN1S(=O)(=O)c1ccc(C(=O)N(/N=C/c2cc(OC)c(OC)c(OC)c2)c2nc3ccc(OC)cc3s2)cc1. The summed E-state index contributed by atoms with van der Waals surface area (Å²) in [6.07, 6.45) is 4.94. The first-order chi connectivity index (χ1) is 21.7. The van der Waals surface area contributed by atoms with Gasteiger partial charge in [-0.05, 0) is 73.9 Å². The van der Waals surface area contributed by atoms with Gasteiger partial charge in [0, 0.05) is 23.7 Å². The molecule has 0 saturated carbocycles. The Labute approximate surface area is 267 Å². The van der Waals surface area contributed by atoms with Crippen molar-refractivity contribution in [2.24, 2.45) is 5.10 Å². The lowest BCUT2D eigenvalue weighted by Crippen LogP contribution is -2.43. The second-order valence-corrected chi connectivity index (χ2v) is 13.2. The van der Waals surface area contributed by atoms with Crippen LogP contribution in [-0.2, 0) is 10.0 Å². The Morgan fingerprint density at radius 1 is 1.00 bits per heavy atom. The molecule has 238 valence electrons. The van der Waals surface area contributed by atoms with E-state index in [1.165, 1.54) is 68.2 Å². The molecule has 1 unspecified atom stereocenters. The van der Waals surface area contributed by atoms with Crippen LogP contribution in [0.3, 0.4) is 0 Å². The van der Waals surface area contributed by atoms with Crippen LogP contribution in [0.15, 0.2) is 64.6 Å². The molecule has 1 aliphatic heterocycles. The van der Waals surface area contributed by atoms with Crippen molar-refractivity contribution in [1.29, 1.82) is 0 Å². The van der Waals surface area contributed by atoms with E-state index in [4.69, 9.17) is 18.9 Å². The number of fused-ring (bicyclic) bond motifs is 1. The highest BCUT2D eigenvalue weighted by Crippen LogP contribution is 2.38. The van der Waals surface area contributed by atoms with Gasteiger partial charge in [0.1, 0.15) is 5.75 Å². The Morgan fingerprint density at radius 2 is 1.71 bits per heavy atom. The molecule has 0 aliphatic carbocycles. The first-order valence-corrected chi connectivity index (χ1v) is 16.7. The van der Waals surface area contributed by atoms with E-state index in [2.05, 4.69) is 10.1 Å². The van der Waals surface area contributed by atoms with Crippen LogP contribution in [0.4, 0.5) is 5.13 Å². The maximum Gasteiger partial charge on any atom is 0.280 e. The molecule has 1 fully saturated rings. The largest absolute Gasteiger partial charge is 0.497 e. The van der Waals surface area contributed by atoms with Crippen LogP contribution in [0.25, 0.3) is 10.2 Å². The molecule has 3 aromatic carbocycles. The predicted molar refractivity (Wildman–Crippen MR) is 175 cm³/mol. The van der Waals surface area contributed by atoms with E-state index in [0.717, 1.165) is 30.4 Å². The third-order valence-electron chi connectivity index (χ3n) is 7.72. The monoisotopic (exact) mass is 652 g/mol. The van der Waals surface area contributed by atoms with Gasteiger partial charge in [-0.1, -0.05) is 24.7 Å². The van der Waals surface area contributed by atoms with Crippen molar-refractivity contribution in [3.63, 3.8) is 0 Å². The van der Waals surface area contributed by atoms with Gasteiger partial charge in [-0.2, -0.15) is 14.4 Å². The maximum atomic E-state index is 14.0. The van der Waals surface area contributed by atoms with Gasteiger partial charge in [-0.25, -0.2) is 13.4 Å². The van der Waals surface area contributed by atoms with Gasteiger partial charge >= 0.3 is 0 Å². The van der Waals surface area contributed by atoms with Gasteiger partial charge in [0.2, 0.25) is 20.9 Å². The van der Waals surface area contributed by atoms with Crippen molar-refractivity contribution in [1.82, 2.24) is 9.29 Å². The molecule has 1 saturated heterocycles. The van der Waals surface area contributed by atoms with Crippen LogP contribution in [-0.4, -0.2) is 70.9 Å². The Morgan fingerprint density at radius 3 is 2.33 bits per heavy atom. The summed E-state index contributed by atoms with van der Waals surface area (Å²) in [4.78, 5) is 18.8. The predicted octanol–water partition coefficient (Wildman–Crippen LogP) is 5.96. The molecule has 0 spiro atoms. The Hall–Kier alpha value is -4.20. The number of aromatic nitrogens is 1. The maximum absolute atomic E-state index is 14.0. The molecule has 1 amide bonds. The highest BCUT2D eigenvalue weighted by molar-refractivity contribution is 7.89. The van der Waals surface area contributed by atoms with Crippen LogP contribution in [0, 0.1) is 0 Å². The van der Waals surface area contributed by atoms with E-state index in [1.54, 1.807) is 29.6 Å². The van der Waals surface area contributed by atoms with Gasteiger partial charge in [-0.3, -0.25) is 4.79 Å². The molecule has 1 atom stereocenters. The molecular formula is C32H36N4O7S2. The van der Waals surface area contributed by atoms with Crippen molar-refractivity contribution in [3.05, 3.63) is 65.7 Å². The van der Waals surface area contributed by atoms with E-state index >= 15 is 0 Å². The fourth-order valence-electron chi connectivity index (χ4n) is 5.32. The second-order valence-electron chi connectivity index (χ2n) is 10.3. The van der Waals surface area contributed by atoms with Gasteiger partial charge in [-0.15, -0.1) is 0 Å². The van der Waals surface area contributed by atoms with E-state index in [9.17, 15) is 13.2 Å². The Kier molecular flexibility index (Phi) is 9.90. The standard InChI is InChI=1S/C32H36N4O7S2/c1-6-23-9-7-8-16-35(23)45(38,39)25-13-10-22(11-14-25)31(37)36(32-34-26-15-12-24(40-2)19-29(26)44-32)33-20-21-17-27(41-3)30(43-5)28(18-21)42-4/h10-15,17-20,23H,6-9,16H2,1-5H3/b33-20+. The lowest BCUT2D eigenvalue weighted by molar-refractivity contribution is 0.0987. The number of carbonyl (C=O) groups is 1. The van der Waals surface area contributed by atoms with Crippen LogP contribution in [0.5, 0.6) is 23.0 Å². The van der Waals surface area contributed by atoms with E-state index in [1.807, 2.05) is 19.1 Å². The summed E-state index contributed by atoms with van der Waals surface area (Å²) < 4.78 is 51.1. The molecule has 13 heteroatoms. The third-order valence-corrected chi connectivity index (χ3v) is 10.7. The Balaban J connectivity index is 1.52. The van der Waals surface area contributed by atoms with Crippen molar-refractivity contribution in [2.75, 3.05) is 40.0 Å². The summed E-state index contributed by atoms with van der Waals surface area (Å²) in [5, 5.41) is 6.07. The summed E-state index contributed by atoms with van der Waals surface area (Å²) in [6.45, 7) is 2.50. The number of nitrogens with zero attached hydrogens (tertiary/aromatic N) is 4. The van der Waals surface area contributed by atoms with Gasteiger partial charge in [0.15, 0.2) is 11.5 Å². The normalized spacial score (nSPS) is 15.7. The van der Waals surface area contributed by atoms with Crippen molar-refractivity contribution in [2.45, 2.75) is 43.5 Å². The number of benzene rings is 3. The number of hydrogen-bond donors (Lipinski definition) is 0. The number of ether oxygens (including phenoxy) is 4. The average molecular weight is 653 g/mol. The number of anilines is 1. The summed E-state index contributed by atoms with van der Waals surface area (Å²) in [5.41, 5.74) is 1.50. The second kappa shape index (κ2) is 13.8. The van der Waals surface area contributed by atoms with E-state index < -0.39 is 15.9 Å². The number of sulfonamides is 1. The van der Waals surface area contributed by atoms with Crippen LogP contribution >= 0.6 is 11.3 Å². The molecular weight excluding hydrogens is 617 g/mol. The lowest BCUT2D eigenvalue weighted by Gasteiger charge is -2.34. The summed E-state index contributed by atoms with van der Waals surface area (Å²) in [7, 11) is 2.42. The zero-order valence-corrected chi connectivity index (χ0v) is 27.5. The molecule has 0 radical (unpaired) electrons. The van der Waals surface area contributed by atoms with Crippen molar-refractivity contribution in [3.8, 4) is 23.0 Å². The topological polar surface area (TPSA) is 120 Å². The summed E-state index contributed by atoms with van der Waals surface area (Å²) in [5.74, 6) is 1.46. The fourth-order valence-corrected chi connectivity index (χ4v) is 8.04. The van der Waals surface area contributed by atoms with Crippen LogP contribution in [0.2, 0.25) is 0 Å². The molecule has 1 aromatic heterocycles. The number of methoxy groups -OCH3 is 4. The summed E-state index contributed by atoms with van der Waals surface area (Å²) >= 11 is 1.27. The number of piperidine rings is 1. The third kappa shape index (κ3) is 6.60. The van der Waals surface area contributed by atoms with Crippen LogP contribution in [0.1, 0.15) is 48.5 Å². The van der Waals surface area contributed by atoms with Crippen molar-refractivity contribution >= 4 is 48.8 Å². The minimum absolute atomic E-state index is 0.0252. The van der Waals surface area contributed by atoms with Crippen LogP contribution < -0.4 is 24.0 Å². The smallest absolute Gasteiger partial charge is 0.280 e.